The number of methoxy groups -OCH3 is 1. The van der Waals surface area contributed by atoms with Crippen LogP contribution in [0, 0.1) is 5.92 Å². The molecule has 1 fully saturated rings. The summed E-state index contributed by atoms with van der Waals surface area (Å²) in [6, 6.07) is 9.02. The molecule has 1 aliphatic carbocycles. The maximum Gasteiger partial charge on any atom is 0.408 e. The van der Waals surface area contributed by atoms with Crippen LogP contribution in [0.3, 0.4) is 0 Å². The first-order valence-corrected chi connectivity index (χ1v) is 12.1. The van der Waals surface area contributed by atoms with Gasteiger partial charge in [-0.1, -0.05) is 62.4 Å². The van der Waals surface area contributed by atoms with Gasteiger partial charge in [-0.05, 0) is 51.5 Å². The number of nitrogens with one attached hydrogen (secondary N) is 1. The molecule has 33 heavy (non-hydrogen) atoms. The zero-order chi connectivity index (χ0) is 24.3. The maximum absolute atomic E-state index is 13.5. The lowest BCUT2D eigenvalue weighted by molar-refractivity contribution is -0.147. The topological polar surface area (TPSA) is 84.9 Å². The summed E-state index contributed by atoms with van der Waals surface area (Å²) in [5.74, 6) is -0.183. The minimum Gasteiger partial charge on any atom is -0.468 e. The molecular weight excluding hydrogens is 420 g/mol. The summed E-state index contributed by atoms with van der Waals surface area (Å²) in [7, 11) is 1.32. The predicted molar refractivity (Wildman–Crippen MR) is 128 cm³/mol. The Labute approximate surface area is 198 Å². The fourth-order valence-corrected chi connectivity index (χ4v) is 4.19. The lowest BCUT2D eigenvalue weighted by Crippen LogP contribution is -2.51. The van der Waals surface area contributed by atoms with Gasteiger partial charge in [-0.25, -0.2) is 4.79 Å². The van der Waals surface area contributed by atoms with Gasteiger partial charge in [-0.3, -0.25) is 9.59 Å². The Morgan fingerprint density at radius 3 is 2.36 bits per heavy atom. The summed E-state index contributed by atoms with van der Waals surface area (Å²) in [4.78, 5) is 39.6. The number of amides is 2. The number of ether oxygens (including phenoxy) is 2. The van der Waals surface area contributed by atoms with E-state index in [1.807, 2.05) is 30.3 Å². The van der Waals surface area contributed by atoms with Crippen molar-refractivity contribution in [3.8, 4) is 0 Å². The van der Waals surface area contributed by atoms with Crippen LogP contribution in [0.2, 0.25) is 0 Å². The molecule has 1 aliphatic rings. The Morgan fingerprint density at radius 2 is 1.76 bits per heavy atom. The number of aryl methyl sites for hydroxylation is 1. The number of nitrogens with zero attached hydrogens (tertiary/aromatic N) is 1. The van der Waals surface area contributed by atoms with Gasteiger partial charge < -0.3 is 19.7 Å². The summed E-state index contributed by atoms with van der Waals surface area (Å²) in [6.07, 6.45) is 7.25. The first kappa shape index (κ1) is 26.7. The number of esters is 1. The standard InChI is InChI=1S/C26H40N2O5/c1-26(2,3)33-25(31)27-22(16-15-20-11-7-5-8-12-20)24(30)28(19-23(29)32-4)18-17-21-13-9-6-10-14-21/h5,7-8,11-12,21-22H,6,9-10,13-19H2,1-4H3,(H,27,31)/t22-/m0/s1. The van der Waals surface area contributed by atoms with E-state index in [-0.39, 0.29) is 12.5 Å². The smallest absolute Gasteiger partial charge is 0.408 e. The van der Waals surface area contributed by atoms with Gasteiger partial charge in [-0.2, -0.15) is 0 Å². The van der Waals surface area contributed by atoms with Crippen LogP contribution in [-0.2, 0) is 25.5 Å². The van der Waals surface area contributed by atoms with Crippen LogP contribution >= 0.6 is 0 Å². The van der Waals surface area contributed by atoms with Gasteiger partial charge in [0.15, 0.2) is 0 Å². The van der Waals surface area contributed by atoms with Crippen LogP contribution < -0.4 is 5.32 Å². The summed E-state index contributed by atoms with van der Waals surface area (Å²) in [6.45, 7) is 5.68. The van der Waals surface area contributed by atoms with Crippen molar-refractivity contribution in [1.29, 1.82) is 0 Å². The van der Waals surface area contributed by atoms with E-state index in [2.05, 4.69) is 5.32 Å². The lowest BCUT2D eigenvalue weighted by atomic mass is 9.87. The zero-order valence-electron chi connectivity index (χ0n) is 20.6. The third-order valence-corrected chi connectivity index (χ3v) is 5.94. The normalized spacial score (nSPS) is 15.4. The Morgan fingerprint density at radius 1 is 1.09 bits per heavy atom. The number of carbonyl (C=O) groups excluding carboxylic acids is 3. The monoisotopic (exact) mass is 460 g/mol. The molecule has 1 saturated carbocycles. The second-order valence-electron chi connectivity index (χ2n) is 9.85. The van der Waals surface area contributed by atoms with Gasteiger partial charge in [0, 0.05) is 6.54 Å². The Balaban J connectivity index is 2.13. The summed E-state index contributed by atoms with van der Waals surface area (Å²) >= 11 is 0. The molecule has 0 aromatic heterocycles. The first-order valence-electron chi connectivity index (χ1n) is 12.1. The van der Waals surface area contributed by atoms with Crippen molar-refractivity contribution in [3.05, 3.63) is 35.9 Å². The first-order chi connectivity index (χ1) is 15.7. The molecule has 1 aromatic carbocycles. The molecule has 2 amide bonds. The van der Waals surface area contributed by atoms with Crippen molar-refractivity contribution in [2.45, 2.75) is 83.8 Å². The van der Waals surface area contributed by atoms with Gasteiger partial charge in [0.2, 0.25) is 5.91 Å². The van der Waals surface area contributed by atoms with E-state index in [1.54, 1.807) is 20.8 Å². The van der Waals surface area contributed by atoms with Crippen LogP contribution in [-0.4, -0.2) is 54.7 Å². The molecule has 1 atom stereocenters. The molecule has 0 saturated heterocycles. The SMILES string of the molecule is COC(=O)CN(CCC1CCCCC1)C(=O)[C@H](CCc1ccccc1)NC(=O)OC(C)(C)C. The number of hydrogen-bond donors (Lipinski definition) is 1. The molecule has 2 rings (SSSR count). The quantitative estimate of drug-likeness (QED) is 0.520. The van der Waals surface area contributed by atoms with E-state index in [4.69, 9.17) is 9.47 Å². The summed E-state index contributed by atoms with van der Waals surface area (Å²) in [5.41, 5.74) is 0.395. The number of benzene rings is 1. The van der Waals surface area contributed by atoms with Crippen LogP contribution in [0.15, 0.2) is 30.3 Å². The van der Waals surface area contributed by atoms with Crippen LogP contribution in [0.25, 0.3) is 0 Å². The van der Waals surface area contributed by atoms with E-state index in [1.165, 1.54) is 31.3 Å². The third kappa shape index (κ3) is 10.3. The largest absolute Gasteiger partial charge is 0.468 e. The van der Waals surface area contributed by atoms with Crippen molar-refractivity contribution >= 4 is 18.0 Å². The van der Waals surface area contributed by atoms with E-state index in [0.717, 1.165) is 24.8 Å². The highest BCUT2D eigenvalue weighted by Crippen LogP contribution is 2.26. The molecule has 7 nitrogen and oxygen atoms in total. The van der Waals surface area contributed by atoms with Crippen LogP contribution in [0.1, 0.15) is 71.3 Å². The Hall–Kier alpha value is -2.57. The van der Waals surface area contributed by atoms with Gasteiger partial charge in [0.05, 0.1) is 7.11 Å². The van der Waals surface area contributed by atoms with E-state index in [0.29, 0.717) is 25.3 Å². The fraction of sp³-hybridized carbons (Fsp3) is 0.654. The minimum atomic E-state index is -0.795. The van der Waals surface area contributed by atoms with Gasteiger partial charge in [0.1, 0.15) is 18.2 Å². The number of hydrogen-bond acceptors (Lipinski definition) is 5. The van der Waals surface area contributed by atoms with Crippen molar-refractivity contribution in [2.24, 2.45) is 5.92 Å². The van der Waals surface area contributed by atoms with E-state index in [9.17, 15) is 14.4 Å². The van der Waals surface area contributed by atoms with Crippen molar-refractivity contribution in [3.63, 3.8) is 0 Å². The Bertz CT molecular complexity index is 754. The third-order valence-electron chi connectivity index (χ3n) is 5.94. The zero-order valence-corrected chi connectivity index (χ0v) is 20.6. The molecule has 184 valence electrons. The van der Waals surface area contributed by atoms with E-state index < -0.39 is 23.7 Å². The van der Waals surface area contributed by atoms with Crippen molar-refractivity contribution in [1.82, 2.24) is 10.2 Å². The number of carbonyl (C=O) groups is 3. The lowest BCUT2D eigenvalue weighted by Gasteiger charge is -2.30. The highest BCUT2D eigenvalue weighted by Gasteiger charge is 2.30. The van der Waals surface area contributed by atoms with Crippen LogP contribution in [0.4, 0.5) is 4.79 Å². The molecule has 1 N–H and O–H groups in total. The highest BCUT2D eigenvalue weighted by molar-refractivity contribution is 5.88. The molecule has 1 aromatic rings. The molecule has 7 heteroatoms. The highest BCUT2D eigenvalue weighted by atomic mass is 16.6. The van der Waals surface area contributed by atoms with Crippen molar-refractivity contribution in [2.75, 3.05) is 20.2 Å². The molecular formula is C26H40N2O5. The average molecular weight is 461 g/mol. The fourth-order valence-electron chi connectivity index (χ4n) is 4.19. The summed E-state index contributed by atoms with van der Waals surface area (Å²) in [5, 5.41) is 2.75. The number of rotatable bonds is 10. The van der Waals surface area contributed by atoms with Gasteiger partial charge in [0.25, 0.3) is 0 Å². The summed E-state index contributed by atoms with van der Waals surface area (Å²) < 4.78 is 10.2. The second-order valence-corrected chi connectivity index (χ2v) is 9.85. The van der Waals surface area contributed by atoms with E-state index >= 15 is 0 Å². The van der Waals surface area contributed by atoms with Gasteiger partial charge >= 0.3 is 12.1 Å². The van der Waals surface area contributed by atoms with Crippen molar-refractivity contribution < 1.29 is 23.9 Å². The number of alkyl carbamates (subject to hydrolysis) is 1. The maximum atomic E-state index is 13.5. The molecule has 0 bridgehead atoms. The van der Waals surface area contributed by atoms with Gasteiger partial charge in [-0.15, -0.1) is 0 Å². The minimum absolute atomic E-state index is 0.125. The molecule has 0 aliphatic heterocycles. The van der Waals surface area contributed by atoms with Crippen LogP contribution in [0.5, 0.6) is 0 Å². The molecule has 0 spiro atoms. The Kier molecular flexibility index (Phi) is 10.7. The second kappa shape index (κ2) is 13.2. The molecule has 0 radical (unpaired) electrons. The average Bonchev–Trinajstić information content (AvgIpc) is 2.78. The molecule has 0 heterocycles. The molecule has 0 unspecified atom stereocenters. The predicted octanol–water partition coefficient (Wildman–Crippen LogP) is 4.48.